The van der Waals surface area contributed by atoms with Gasteiger partial charge >= 0.3 is 48.4 Å². The van der Waals surface area contributed by atoms with Gasteiger partial charge in [-0.15, -0.1) is 0 Å². The van der Waals surface area contributed by atoms with Crippen LogP contribution in [0, 0.1) is 0 Å². The summed E-state index contributed by atoms with van der Waals surface area (Å²) in [4.78, 5) is 149. The summed E-state index contributed by atoms with van der Waals surface area (Å²) < 4.78 is 101. The van der Waals surface area contributed by atoms with Crippen LogP contribution < -0.4 is 66.0 Å². The van der Waals surface area contributed by atoms with Crippen molar-refractivity contribution < 1.29 is 127 Å². The predicted octanol–water partition coefficient (Wildman–Crippen LogP) is 7.41. The van der Waals surface area contributed by atoms with E-state index in [4.69, 9.17) is 62.8 Å². The monoisotopic (exact) mass is 1610 g/mol. The van der Waals surface area contributed by atoms with Gasteiger partial charge < -0.3 is 95.6 Å². The van der Waals surface area contributed by atoms with Crippen LogP contribution in [0.2, 0.25) is 0 Å². The zero-order valence-electron chi connectivity index (χ0n) is 61.4. The Balaban J connectivity index is 0.00000260. The van der Waals surface area contributed by atoms with Gasteiger partial charge in [0.15, 0.2) is 17.3 Å². The van der Waals surface area contributed by atoms with E-state index in [9.17, 15) is 98.0 Å². The highest BCUT2D eigenvalue weighted by atomic mass is 19.4. The average Bonchev–Trinajstić information content (AvgIpc) is 0.747. The number of phenolic OH excluding ortho intramolecular Hbond substituents is 1. The lowest BCUT2D eigenvalue weighted by atomic mass is 9.90. The number of carboxylic acids is 5. The number of guanidine groups is 2. The smallest absolute Gasteiger partial charge is 0.490 e. The number of aliphatic imine (C=N–C) groups is 2. The Hall–Kier alpha value is -11.0. The summed E-state index contributed by atoms with van der Waals surface area (Å²) in [5.41, 5.74) is 27.9. The van der Waals surface area contributed by atoms with Gasteiger partial charge in [-0.25, -0.2) is 24.0 Å². The van der Waals surface area contributed by atoms with E-state index in [-0.39, 0.29) is 87.6 Å². The van der Waals surface area contributed by atoms with Crippen molar-refractivity contribution in [3.63, 3.8) is 0 Å². The first-order valence-electron chi connectivity index (χ1n) is 35.8. The van der Waals surface area contributed by atoms with Crippen LogP contribution in [0.25, 0.3) is 33.4 Å². The Morgan fingerprint density at radius 2 is 0.857 bits per heavy atom. The molecule has 0 saturated heterocycles. The molecular weight excluding hydrogens is 1510 g/mol. The minimum atomic E-state index is -5.08. The fraction of sp³-hybridized carbons (Fsp3) is 0.549. The molecule has 0 saturated carbocycles. The van der Waals surface area contributed by atoms with Crippen molar-refractivity contribution in [2.45, 2.75) is 210 Å². The van der Waals surface area contributed by atoms with Crippen molar-refractivity contribution in [3.8, 4) is 28.2 Å². The van der Waals surface area contributed by atoms with Gasteiger partial charge in [-0.2, -0.15) is 39.5 Å². The molecule has 6 amide bonds. The molecule has 2 aromatic carbocycles. The number of halogens is 9. The van der Waals surface area contributed by atoms with Gasteiger partial charge in [-0.1, -0.05) is 96.0 Å². The summed E-state index contributed by atoms with van der Waals surface area (Å²) in [5, 5.41) is 68.4. The highest BCUT2D eigenvalue weighted by Gasteiger charge is 2.40. The van der Waals surface area contributed by atoms with Gasteiger partial charge in [0, 0.05) is 73.2 Å². The third-order valence-corrected chi connectivity index (χ3v) is 16.1. The minimum Gasteiger partial charge on any atom is -0.508 e. The maximum absolute atomic E-state index is 13.4. The quantitative estimate of drug-likeness (QED) is 0.00673. The second-order valence-corrected chi connectivity index (χ2v) is 25.3. The Bertz CT molecular complexity index is 3700. The van der Waals surface area contributed by atoms with Gasteiger partial charge in [0.05, 0.1) is 12.1 Å². The number of aliphatic carboxylic acids is 4. The first kappa shape index (κ1) is 99.0. The Kier molecular flexibility index (Phi) is 46.8. The van der Waals surface area contributed by atoms with Crippen LogP contribution in [0.5, 0.6) is 5.75 Å². The lowest BCUT2D eigenvalue weighted by Gasteiger charge is -2.19. The zero-order valence-corrected chi connectivity index (χ0v) is 61.4. The number of rotatable bonds is 47. The summed E-state index contributed by atoms with van der Waals surface area (Å²) in [6.45, 7) is 1.47. The summed E-state index contributed by atoms with van der Waals surface area (Å²) in [6, 6.07) is 9.98. The van der Waals surface area contributed by atoms with E-state index in [0.29, 0.717) is 107 Å². The van der Waals surface area contributed by atoms with Crippen molar-refractivity contribution in [1.29, 1.82) is 0 Å². The van der Waals surface area contributed by atoms with Crippen LogP contribution in [0.4, 0.5) is 39.5 Å². The number of nitrogens with zero attached hydrogens (tertiary/aromatic N) is 2. The summed E-state index contributed by atoms with van der Waals surface area (Å²) >= 11 is 0. The molecule has 32 nitrogen and oxygen atoms in total. The number of aromatic carboxylic acids is 1. The standard InChI is InChI=1S/C65H97N13O13.3C2HF3O2/c66-34-18-17-23-50(77-57(83)42-75-59(84)43-28-31-46(49(39-43)62(87)88)58-47-32-29-44(79)40-53(47)91-54-41-45(80)30-33-48(54)58)60(85)71-35-19-13-9-5-1-3-7-11-15-26-55(81)76-51(24-21-37-73-64(67)68)61(86)72-36-20-14-10-6-2-4-8-12-16-27-56(82)78-52(63(89)90)25-22-38-74-65(69)70;3*3-2(4,5)1(6)7/h28-33,39-41,50-52,79H,1-27,34-38,42,66H2,(H,71,85)(H,72,86)(H,75,84)(H,76,81)(H,77,83)(H,78,82)(H,87,88)(H,89,90)(H4,67,68,73)(H4,69,70,74);3*(H,6,7)/t50-,51-,52-;;;/m0.../s1. The van der Waals surface area contributed by atoms with Gasteiger partial charge in [0.1, 0.15) is 35.2 Å². The van der Waals surface area contributed by atoms with Crippen molar-refractivity contribution in [1.82, 2.24) is 31.9 Å². The molecule has 22 N–H and O–H groups in total. The molecule has 41 heteroatoms. The van der Waals surface area contributed by atoms with E-state index in [1.165, 1.54) is 48.5 Å². The van der Waals surface area contributed by atoms with Crippen LogP contribution in [-0.2, 0) is 43.2 Å². The second kappa shape index (κ2) is 53.0. The SMILES string of the molecule is NCCCC[C@H](NC(=O)CNC(=O)c1ccc(-c2c3ccc(=O)cc-3oc3cc(O)ccc23)c(C(=O)O)c1)C(=O)NCCCCCCCCCCCC(=O)N[C@@H](CCCN=C(N)N)C(=O)NCCCCCCCCCCCC(=O)N[C@@H](CCCN=C(N)N)C(=O)O.O=C(O)C(F)(F)F.O=C(O)C(F)(F)F.O=C(O)C(F)(F)F. The van der Waals surface area contributed by atoms with Crippen LogP contribution in [0.15, 0.2) is 73.8 Å². The highest BCUT2D eigenvalue weighted by molar-refractivity contribution is 6.09. The number of carbonyl (C=O) groups excluding carboxylic acids is 6. The van der Waals surface area contributed by atoms with Crippen LogP contribution in [0.3, 0.4) is 0 Å². The van der Waals surface area contributed by atoms with Crippen molar-refractivity contribution in [2.75, 3.05) is 39.3 Å². The molecule has 1 aliphatic carbocycles. The molecule has 2 aromatic rings. The number of aromatic hydroxyl groups is 1. The predicted molar refractivity (Wildman–Crippen MR) is 391 cm³/mol. The number of amides is 6. The van der Waals surface area contributed by atoms with Gasteiger partial charge in [0.2, 0.25) is 29.5 Å². The molecule has 0 radical (unpaired) electrons. The molecule has 2 aliphatic rings. The Labute approximate surface area is 637 Å². The first-order valence-corrected chi connectivity index (χ1v) is 35.8. The van der Waals surface area contributed by atoms with E-state index in [1.807, 2.05) is 0 Å². The first-order chi connectivity index (χ1) is 52.6. The topological polar surface area (TPSA) is 566 Å². The normalized spacial score (nSPS) is 11.9. The van der Waals surface area contributed by atoms with Crippen molar-refractivity contribution >= 4 is 88.2 Å². The van der Waals surface area contributed by atoms with E-state index in [0.717, 1.165) is 103 Å². The maximum atomic E-state index is 13.4. The number of fused-ring (bicyclic) bond motifs is 2. The third-order valence-electron chi connectivity index (χ3n) is 16.1. The van der Waals surface area contributed by atoms with Crippen molar-refractivity contribution in [3.05, 3.63) is 75.9 Å². The summed E-state index contributed by atoms with van der Waals surface area (Å²) in [6.07, 6.45) is 5.16. The molecule has 1 heterocycles. The number of nitrogens with two attached hydrogens (primary N) is 5. The molecule has 112 heavy (non-hydrogen) atoms. The lowest BCUT2D eigenvalue weighted by molar-refractivity contribution is -0.193. The van der Waals surface area contributed by atoms with Gasteiger partial charge in [0.25, 0.3) is 5.91 Å². The molecular formula is C71H100F9N13O19. The number of hydrogen-bond acceptors (Lipinski definition) is 17. The fourth-order valence-corrected chi connectivity index (χ4v) is 10.5. The number of unbranched alkanes of at least 4 members (excludes halogenated alkanes) is 17. The Morgan fingerprint density at radius 3 is 1.28 bits per heavy atom. The molecule has 1 aliphatic heterocycles. The number of alkyl halides is 9. The number of carboxylic acid groups (broad SMARTS) is 5. The molecule has 0 fully saturated rings. The number of hydrogen-bond donors (Lipinski definition) is 17. The molecule has 0 bridgehead atoms. The van der Waals surface area contributed by atoms with E-state index >= 15 is 0 Å². The molecule has 0 unspecified atom stereocenters. The molecule has 0 aromatic heterocycles. The van der Waals surface area contributed by atoms with Gasteiger partial charge in [-0.3, -0.25) is 43.5 Å². The van der Waals surface area contributed by atoms with E-state index < -0.39 is 84.9 Å². The van der Waals surface area contributed by atoms with Crippen LogP contribution >= 0.6 is 0 Å². The zero-order chi connectivity index (χ0) is 84.6. The highest BCUT2D eigenvalue weighted by Crippen LogP contribution is 2.42. The largest absolute Gasteiger partial charge is 0.508 e. The lowest BCUT2D eigenvalue weighted by Crippen LogP contribution is -2.49. The van der Waals surface area contributed by atoms with Crippen LogP contribution in [-0.4, -0.2) is 184 Å². The van der Waals surface area contributed by atoms with E-state index in [1.54, 1.807) is 6.07 Å². The minimum absolute atomic E-state index is 0.0359. The number of phenols is 1. The van der Waals surface area contributed by atoms with E-state index in [2.05, 4.69) is 41.9 Å². The van der Waals surface area contributed by atoms with Crippen molar-refractivity contribution in [2.24, 2.45) is 38.7 Å². The number of nitrogens with one attached hydrogen (secondary N) is 6. The molecule has 4 rings (SSSR count). The maximum Gasteiger partial charge on any atom is 0.490 e. The Morgan fingerprint density at radius 1 is 0.455 bits per heavy atom. The fourth-order valence-electron chi connectivity index (χ4n) is 10.5. The number of benzene rings is 3. The molecule has 626 valence electrons. The molecule has 0 spiro atoms. The molecule has 3 atom stereocenters. The second-order valence-electron chi connectivity index (χ2n) is 25.3. The van der Waals surface area contributed by atoms with Crippen LogP contribution in [0.1, 0.15) is 194 Å². The third kappa shape index (κ3) is 43.4. The average molecular weight is 1610 g/mol. The van der Waals surface area contributed by atoms with Gasteiger partial charge in [-0.05, 0) is 119 Å². The number of carbonyl (C=O) groups is 11. The summed E-state index contributed by atoms with van der Waals surface area (Å²) in [5.74, 6) is -13.1. The summed E-state index contributed by atoms with van der Waals surface area (Å²) in [7, 11) is 0.